The highest BCUT2D eigenvalue weighted by atomic mass is 32.2. The number of benzene rings is 2. The van der Waals surface area contributed by atoms with Crippen LogP contribution in [-0.4, -0.2) is 61.9 Å². The molecule has 6 N–H and O–H groups in total. The van der Waals surface area contributed by atoms with Crippen LogP contribution in [0, 0.1) is 11.3 Å². The smallest absolute Gasteiger partial charge is 0.306 e. The Kier molecular flexibility index (Phi) is 7.88. The van der Waals surface area contributed by atoms with E-state index in [1.54, 1.807) is 12.1 Å². The fraction of sp³-hybridized carbons (Fsp3) is 0.409. The number of aliphatic carboxylic acids is 1. The maximum atomic E-state index is 13.2. The second kappa shape index (κ2) is 10.6. The van der Waals surface area contributed by atoms with E-state index in [0.717, 1.165) is 10.8 Å². The molecule has 1 unspecified atom stereocenters. The van der Waals surface area contributed by atoms with Crippen LogP contribution in [0.15, 0.2) is 47.4 Å². The lowest BCUT2D eigenvalue weighted by atomic mass is 9.96. The van der Waals surface area contributed by atoms with Gasteiger partial charge in [-0.2, -0.15) is 4.72 Å². The maximum absolute atomic E-state index is 13.2. The second-order valence-electron chi connectivity index (χ2n) is 8.10. The molecule has 2 aromatic carbocycles. The molecule has 0 spiro atoms. The normalized spacial score (nSPS) is 15.8. The van der Waals surface area contributed by atoms with Crippen LogP contribution in [0.1, 0.15) is 25.7 Å². The minimum atomic E-state index is -3.99. The van der Waals surface area contributed by atoms with Gasteiger partial charge < -0.3 is 21.1 Å². The number of rotatable bonds is 9. The Morgan fingerprint density at radius 3 is 2.45 bits per heavy atom. The third-order valence-electron chi connectivity index (χ3n) is 5.77. The van der Waals surface area contributed by atoms with Crippen LogP contribution < -0.4 is 15.8 Å². The van der Waals surface area contributed by atoms with Crippen molar-refractivity contribution < 1.29 is 23.1 Å². The number of carboxylic acid groups (broad SMARTS) is 1. The largest absolute Gasteiger partial charge is 0.481 e. The molecule has 0 aromatic heterocycles. The van der Waals surface area contributed by atoms with Crippen molar-refractivity contribution >= 4 is 38.6 Å². The van der Waals surface area contributed by atoms with Crippen molar-refractivity contribution in [2.75, 3.05) is 19.6 Å². The average Bonchev–Trinajstić information content (AvgIpc) is 2.80. The molecule has 0 aliphatic carbocycles. The Bertz CT molecular complexity index is 1130. The predicted octanol–water partition coefficient (Wildman–Crippen LogP) is 1.07. The Labute approximate surface area is 192 Å². The van der Waals surface area contributed by atoms with Crippen LogP contribution in [0.2, 0.25) is 0 Å². The molecule has 33 heavy (non-hydrogen) atoms. The molecule has 11 heteroatoms. The quantitative estimate of drug-likeness (QED) is 0.205. The Balaban J connectivity index is 1.76. The SMILES string of the molecule is N=C(N)NCCCC(NS(=O)(=O)c1ccc2ccccc2c1)C(=O)N1CCC(C(=O)O)CC1. The number of carbonyl (C=O) groups is 2. The summed E-state index contributed by atoms with van der Waals surface area (Å²) < 4.78 is 28.8. The zero-order valence-corrected chi connectivity index (χ0v) is 19.0. The van der Waals surface area contributed by atoms with E-state index in [2.05, 4.69) is 10.0 Å². The summed E-state index contributed by atoms with van der Waals surface area (Å²) in [5.41, 5.74) is 5.28. The third kappa shape index (κ3) is 6.42. The van der Waals surface area contributed by atoms with Crippen LogP contribution in [0.25, 0.3) is 10.8 Å². The Morgan fingerprint density at radius 2 is 1.82 bits per heavy atom. The predicted molar refractivity (Wildman–Crippen MR) is 124 cm³/mol. The van der Waals surface area contributed by atoms with E-state index in [0.29, 0.717) is 25.8 Å². The molecule has 1 aliphatic rings. The van der Waals surface area contributed by atoms with Gasteiger partial charge in [0.15, 0.2) is 5.96 Å². The third-order valence-corrected chi connectivity index (χ3v) is 7.24. The molecule has 1 heterocycles. The van der Waals surface area contributed by atoms with Gasteiger partial charge in [-0.05, 0) is 48.6 Å². The number of amides is 1. The van der Waals surface area contributed by atoms with E-state index in [9.17, 15) is 23.1 Å². The van der Waals surface area contributed by atoms with Crippen molar-refractivity contribution in [2.24, 2.45) is 11.7 Å². The van der Waals surface area contributed by atoms with E-state index < -0.39 is 28.0 Å². The number of nitrogens with two attached hydrogens (primary N) is 1. The Morgan fingerprint density at radius 1 is 1.15 bits per heavy atom. The number of guanidine groups is 1. The minimum absolute atomic E-state index is 0.0606. The lowest BCUT2D eigenvalue weighted by Gasteiger charge is -2.33. The number of nitrogens with one attached hydrogen (secondary N) is 3. The van der Waals surface area contributed by atoms with Gasteiger partial charge in [-0.3, -0.25) is 15.0 Å². The standard InChI is InChI=1S/C22H29N5O5S/c23-22(24)25-11-3-6-19(20(28)27-12-9-16(10-13-27)21(29)30)26-33(31,32)18-8-7-15-4-1-2-5-17(15)14-18/h1-2,4-5,7-8,14,16,19,26H,3,6,9-13H2,(H,29,30)(H4,23,24,25). The van der Waals surface area contributed by atoms with Crippen LogP contribution in [0.5, 0.6) is 0 Å². The van der Waals surface area contributed by atoms with E-state index in [-0.39, 0.29) is 36.3 Å². The van der Waals surface area contributed by atoms with Crippen molar-refractivity contribution in [2.45, 2.75) is 36.6 Å². The maximum Gasteiger partial charge on any atom is 0.306 e. The highest BCUT2D eigenvalue weighted by Gasteiger charge is 2.33. The summed E-state index contributed by atoms with van der Waals surface area (Å²) in [5.74, 6) is -1.97. The van der Waals surface area contributed by atoms with E-state index in [4.69, 9.17) is 11.1 Å². The highest BCUT2D eigenvalue weighted by molar-refractivity contribution is 7.89. The fourth-order valence-electron chi connectivity index (χ4n) is 3.92. The van der Waals surface area contributed by atoms with Crippen LogP contribution in [-0.2, 0) is 19.6 Å². The van der Waals surface area contributed by atoms with Crippen molar-refractivity contribution in [1.29, 1.82) is 5.41 Å². The molecule has 0 radical (unpaired) electrons. The van der Waals surface area contributed by atoms with E-state index in [1.807, 2.05) is 24.3 Å². The number of likely N-dealkylation sites (tertiary alicyclic amines) is 1. The first-order chi connectivity index (χ1) is 15.7. The number of piperidine rings is 1. The molecular formula is C22H29N5O5S. The lowest BCUT2D eigenvalue weighted by molar-refractivity contribution is -0.146. The molecule has 2 aromatic rings. The number of fused-ring (bicyclic) bond motifs is 1. The molecular weight excluding hydrogens is 446 g/mol. The summed E-state index contributed by atoms with van der Waals surface area (Å²) >= 11 is 0. The molecule has 0 saturated carbocycles. The monoisotopic (exact) mass is 475 g/mol. The zero-order chi connectivity index (χ0) is 24.0. The van der Waals surface area contributed by atoms with Crippen LogP contribution in [0.3, 0.4) is 0 Å². The topological polar surface area (TPSA) is 166 Å². The number of carbonyl (C=O) groups excluding carboxylic acids is 1. The summed E-state index contributed by atoms with van der Waals surface area (Å²) in [4.78, 5) is 26.0. The highest BCUT2D eigenvalue weighted by Crippen LogP contribution is 2.21. The molecule has 1 saturated heterocycles. The summed E-state index contributed by atoms with van der Waals surface area (Å²) in [6, 6.07) is 11.2. The number of nitrogens with zero attached hydrogens (tertiary/aromatic N) is 1. The number of hydrogen-bond acceptors (Lipinski definition) is 5. The van der Waals surface area contributed by atoms with Crippen LogP contribution >= 0.6 is 0 Å². The molecule has 1 aliphatic heterocycles. The van der Waals surface area contributed by atoms with Crippen molar-refractivity contribution in [1.82, 2.24) is 14.9 Å². The molecule has 1 amide bonds. The van der Waals surface area contributed by atoms with Gasteiger partial charge in [0.05, 0.1) is 10.8 Å². The van der Waals surface area contributed by atoms with Gasteiger partial charge >= 0.3 is 5.97 Å². The molecule has 0 bridgehead atoms. The molecule has 1 atom stereocenters. The van der Waals surface area contributed by atoms with E-state index in [1.165, 1.54) is 11.0 Å². The van der Waals surface area contributed by atoms with Gasteiger partial charge in [0.25, 0.3) is 0 Å². The number of carboxylic acids is 1. The molecule has 10 nitrogen and oxygen atoms in total. The van der Waals surface area contributed by atoms with Gasteiger partial charge in [0.2, 0.25) is 15.9 Å². The summed E-state index contributed by atoms with van der Waals surface area (Å²) in [7, 11) is -3.99. The van der Waals surface area contributed by atoms with E-state index >= 15 is 0 Å². The Hall–Kier alpha value is -3.18. The molecule has 178 valence electrons. The fourth-order valence-corrected chi connectivity index (χ4v) is 5.18. The van der Waals surface area contributed by atoms with Crippen molar-refractivity contribution in [3.63, 3.8) is 0 Å². The average molecular weight is 476 g/mol. The molecule has 3 rings (SSSR count). The van der Waals surface area contributed by atoms with Gasteiger partial charge in [-0.25, -0.2) is 8.42 Å². The van der Waals surface area contributed by atoms with Gasteiger partial charge in [-0.1, -0.05) is 30.3 Å². The summed E-state index contributed by atoms with van der Waals surface area (Å²) in [5, 5.41) is 20.7. The second-order valence-corrected chi connectivity index (χ2v) is 9.82. The first-order valence-electron chi connectivity index (χ1n) is 10.8. The van der Waals surface area contributed by atoms with Gasteiger partial charge in [0.1, 0.15) is 6.04 Å². The first kappa shape index (κ1) is 24.5. The first-order valence-corrected chi connectivity index (χ1v) is 12.3. The summed E-state index contributed by atoms with van der Waals surface area (Å²) in [6.07, 6.45) is 1.26. The number of hydrogen-bond donors (Lipinski definition) is 5. The number of sulfonamides is 1. The van der Waals surface area contributed by atoms with Crippen molar-refractivity contribution in [3.8, 4) is 0 Å². The van der Waals surface area contributed by atoms with Gasteiger partial charge in [0, 0.05) is 19.6 Å². The van der Waals surface area contributed by atoms with Crippen LogP contribution in [0.4, 0.5) is 0 Å². The molecule has 1 fully saturated rings. The van der Waals surface area contributed by atoms with Crippen molar-refractivity contribution in [3.05, 3.63) is 42.5 Å². The lowest BCUT2D eigenvalue weighted by Crippen LogP contribution is -2.51. The minimum Gasteiger partial charge on any atom is -0.481 e. The van der Waals surface area contributed by atoms with Gasteiger partial charge in [-0.15, -0.1) is 0 Å². The zero-order valence-electron chi connectivity index (χ0n) is 18.2. The summed E-state index contributed by atoms with van der Waals surface area (Å²) in [6.45, 7) is 0.837.